The SMILES string of the molecule is COCCOCCOCCOCC1(c2nccc(COc3ccc4cc3C[C@H](C(=O)O)Oc3ncnc5sc(-c6ccc(F)cc6)c(c35)-c3c(C)c(Cl)c(c(Cl)c3C)O[C@H](CN3CCN(C)CC3)CO4)n2)CC1. The molecule has 3 aliphatic heterocycles. The van der Waals surface area contributed by atoms with E-state index in [-0.39, 0.29) is 30.9 Å². The molecule has 1 N–H and O–H groups in total. The first-order valence-corrected chi connectivity index (χ1v) is 25.9. The van der Waals surface area contributed by atoms with E-state index in [1.165, 1.54) is 29.8 Å². The summed E-state index contributed by atoms with van der Waals surface area (Å²) in [5.41, 5.74) is 4.10. The van der Waals surface area contributed by atoms with Gasteiger partial charge < -0.3 is 47.9 Å². The number of nitrogens with zero attached hydrogens (tertiary/aromatic N) is 6. The van der Waals surface area contributed by atoms with Crippen LogP contribution in [-0.2, 0) is 42.2 Å². The van der Waals surface area contributed by atoms with E-state index >= 15 is 0 Å². The predicted octanol–water partition coefficient (Wildman–Crippen LogP) is 8.65. The van der Waals surface area contributed by atoms with E-state index in [0.717, 1.165) is 39.0 Å². The van der Waals surface area contributed by atoms with Crippen molar-refractivity contribution in [3.63, 3.8) is 0 Å². The van der Waals surface area contributed by atoms with Crippen molar-refractivity contribution in [1.82, 2.24) is 29.7 Å². The van der Waals surface area contributed by atoms with Gasteiger partial charge in [0.2, 0.25) is 12.0 Å². The van der Waals surface area contributed by atoms with Gasteiger partial charge >= 0.3 is 5.97 Å². The maximum atomic E-state index is 14.4. The number of likely N-dealkylation sites (N-methyl/N-ethyl adjacent to an activating group) is 1. The van der Waals surface area contributed by atoms with E-state index in [4.69, 9.17) is 66.1 Å². The van der Waals surface area contributed by atoms with Gasteiger partial charge in [-0.25, -0.2) is 29.1 Å². The van der Waals surface area contributed by atoms with E-state index in [2.05, 4.69) is 31.8 Å². The molecular formula is C53H59Cl2FN6O10S. The van der Waals surface area contributed by atoms with Crippen molar-refractivity contribution in [2.75, 3.05) is 99.7 Å². The summed E-state index contributed by atoms with van der Waals surface area (Å²) in [6.45, 7) is 11.2. The first-order valence-electron chi connectivity index (χ1n) is 24.3. The molecule has 388 valence electrons. The second kappa shape index (κ2) is 23.9. The highest BCUT2D eigenvalue weighted by Crippen LogP contribution is 2.53. The fourth-order valence-electron chi connectivity index (χ4n) is 9.03. The molecule has 6 aromatic rings. The van der Waals surface area contributed by atoms with Gasteiger partial charge in [-0.3, -0.25) is 4.90 Å². The first-order chi connectivity index (χ1) is 35.4. The Morgan fingerprint density at radius 2 is 1.60 bits per heavy atom. The van der Waals surface area contributed by atoms with Crippen LogP contribution in [0.25, 0.3) is 31.8 Å². The Kier molecular flexibility index (Phi) is 17.2. The number of benzene rings is 3. The fraction of sp³-hybridized carbons (Fsp3) is 0.453. The van der Waals surface area contributed by atoms with Crippen LogP contribution in [0, 0.1) is 19.7 Å². The number of piperazine rings is 1. The zero-order valence-electron chi connectivity index (χ0n) is 41.3. The Labute approximate surface area is 437 Å². The highest BCUT2D eigenvalue weighted by molar-refractivity contribution is 7.22. The smallest absolute Gasteiger partial charge is 0.345 e. The molecule has 2 fully saturated rings. The van der Waals surface area contributed by atoms with Crippen molar-refractivity contribution < 1.29 is 52.2 Å². The Morgan fingerprint density at radius 1 is 0.890 bits per heavy atom. The molecule has 4 aliphatic rings. The molecule has 1 saturated heterocycles. The van der Waals surface area contributed by atoms with Gasteiger partial charge in [-0.1, -0.05) is 35.3 Å². The zero-order valence-corrected chi connectivity index (χ0v) is 43.6. The summed E-state index contributed by atoms with van der Waals surface area (Å²) in [7, 11) is 3.74. The average molecular weight is 1060 g/mol. The minimum atomic E-state index is -1.47. The van der Waals surface area contributed by atoms with Crippen LogP contribution in [-0.4, -0.2) is 153 Å². The van der Waals surface area contributed by atoms with Gasteiger partial charge in [-0.15, -0.1) is 11.3 Å². The molecule has 73 heavy (non-hydrogen) atoms. The monoisotopic (exact) mass is 1060 g/mol. The highest BCUT2D eigenvalue weighted by Gasteiger charge is 2.47. The van der Waals surface area contributed by atoms with Gasteiger partial charge in [0.05, 0.1) is 72.8 Å². The van der Waals surface area contributed by atoms with Gasteiger partial charge in [0.1, 0.15) is 53.6 Å². The molecule has 1 aliphatic carbocycles. The van der Waals surface area contributed by atoms with Crippen molar-refractivity contribution in [3.8, 4) is 44.7 Å². The van der Waals surface area contributed by atoms with E-state index in [0.29, 0.717) is 140 Å². The van der Waals surface area contributed by atoms with E-state index < -0.39 is 24.0 Å². The second-order valence-electron chi connectivity index (χ2n) is 18.5. The summed E-state index contributed by atoms with van der Waals surface area (Å²) in [5, 5.41) is 12.0. The minimum Gasteiger partial charge on any atom is -0.490 e. The number of carboxylic acid groups (broad SMARTS) is 1. The van der Waals surface area contributed by atoms with Crippen LogP contribution in [0.5, 0.6) is 23.1 Å². The van der Waals surface area contributed by atoms with Gasteiger partial charge in [0, 0.05) is 68.5 Å². The molecule has 4 bridgehead atoms. The summed E-state index contributed by atoms with van der Waals surface area (Å²) in [6.07, 6.45) is 2.67. The lowest BCUT2D eigenvalue weighted by Crippen LogP contribution is -2.49. The number of ether oxygens (including phenoxy) is 8. The molecule has 0 amide bonds. The molecule has 10 rings (SSSR count). The lowest BCUT2D eigenvalue weighted by molar-refractivity contribution is -0.145. The van der Waals surface area contributed by atoms with Crippen LogP contribution >= 0.6 is 34.5 Å². The van der Waals surface area contributed by atoms with Crippen LogP contribution in [0.4, 0.5) is 4.39 Å². The Morgan fingerprint density at radius 3 is 2.30 bits per heavy atom. The summed E-state index contributed by atoms with van der Waals surface area (Å²) in [6, 6.07) is 13.2. The third kappa shape index (κ3) is 12.5. The number of rotatable bonds is 19. The molecule has 0 spiro atoms. The average Bonchev–Trinajstić information content (AvgIpc) is 4.09. The van der Waals surface area contributed by atoms with Crippen molar-refractivity contribution in [1.29, 1.82) is 0 Å². The second-order valence-corrected chi connectivity index (χ2v) is 20.3. The lowest BCUT2D eigenvalue weighted by Gasteiger charge is -2.35. The minimum absolute atomic E-state index is 0.0251. The molecule has 0 radical (unpaired) electrons. The number of thiophene rings is 1. The van der Waals surface area contributed by atoms with E-state index in [1.807, 2.05) is 13.8 Å². The first kappa shape index (κ1) is 52.6. The maximum Gasteiger partial charge on any atom is 0.345 e. The van der Waals surface area contributed by atoms with Gasteiger partial charge in [-0.2, -0.15) is 0 Å². The molecule has 0 unspecified atom stereocenters. The molecule has 2 atom stereocenters. The number of fused-ring (bicyclic) bond motifs is 7. The number of hydrogen-bond acceptors (Lipinski definition) is 16. The van der Waals surface area contributed by atoms with Gasteiger partial charge in [0.15, 0.2) is 5.75 Å². The van der Waals surface area contributed by atoms with Crippen molar-refractivity contribution in [3.05, 3.63) is 105 Å². The van der Waals surface area contributed by atoms with Crippen molar-refractivity contribution in [2.45, 2.75) is 57.3 Å². The number of aliphatic carboxylic acids is 1. The number of carboxylic acids is 1. The quantitative estimate of drug-likeness (QED) is 0.0765. The lowest BCUT2D eigenvalue weighted by atomic mass is 9.92. The van der Waals surface area contributed by atoms with Crippen LogP contribution in [0.15, 0.2) is 61.1 Å². The van der Waals surface area contributed by atoms with Crippen LogP contribution < -0.4 is 18.9 Å². The molecule has 3 aromatic heterocycles. The molecule has 20 heteroatoms. The molecule has 16 nitrogen and oxygen atoms in total. The fourth-order valence-corrected chi connectivity index (χ4v) is 10.7. The van der Waals surface area contributed by atoms with E-state index in [1.54, 1.807) is 49.7 Å². The molecule has 1 saturated carbocycles. The number of methoxy groups -OCH3 is 1. The number of carbonyl (C=O) groups is 1. The predicted molar refractivity (Wildman–Crippen MR) is 275 cm³/mol. The standard InChI is InChI=1S/C53H59Cl2FN6O10S/c1-32-42-33(2)46(55)47(45(32)54)71-39(27-62-17-15-61(3)16-18-62)29-69-38-9-10-40(70-28-37-11-14-57-52(60-37)53(12-13-53)30-68-24-23-67-22-21-66-20-19-65-4)35(25-38)26-41(51(63)64)72-49-44-43(42)48(73-50(44)59-31-58-49)34-5-7-36(56)8-6-34/h5-11,14,25,31,39,41H,12-13,15-24,26-30H2,1-4H3,(H,63,64)/t39-,41-/m1/s1. The Hall–Kier alpha value is -5.28. The Balaban J connectivity index is 1.03. The maximum absolute atomic E-state index is 14.4. The molecule has 3 aromatic carbocycles. The van der Waals surface area contributed by atoms with E-state index in [9.17, 15) is 14.3 Å². The van der Waals surface area contributed by atoms with Gasteiger partial charge in [0.25, 0.3) is 0 Å². The summed E-state index contributed by atoms with van der Waals surface area (Å²) in [4.78, 5) is 38.0. The van der Waals surface area contributed by atoms with Gasteiger partial charge in [-0.05, 0) is 92.4 Å². The largest absolute Gasteiger partial charge is 0.490 e. The summed E-state index contributed by atoms with van der Waals surface area (Å²) in [5.74, 6) is 0.240. The topological polar surface area (TPSA) is 169 Å². The third-order valence-corrected chi connectivity index (χ3v) is 15.4. The molecular weight excluding hydrogens is 1000 g/mol. The third-order valence-electron chi connectivity index (χ3n) is 13.3. The normalized spacial score (nSPS) is 18.0. The van der Waals surface area contributed by atoms with Crippen LogP contribution in [0.3, 0.4) is 0 Å². The van der Waals surface area contributed by atoms with Crippen molar-refractivity contribution in [2.24, 2.45) is 0 Å². The highest BCUT2D eigenvalue weighted by atomic mass is 35.5. The van der Waals surface area contributed by atoms with Crippen LogP contribution in [0.2, 0.25) is 10.0 Å². The number of hydrogen-bond donors (Lipinski definition) is 1. The summed E-state index contributed by atoms with van der Waals surface area (Å²) >= 11 is 16.0. The van der Waals surface area contributed by atoms with Crippen LogP contribution in [0.1, 0.15) is 41.1 Å². The number of aromatic nitrogens is 4. The molecule has 6 heterocycles. The summed E-state index contributed by atoms with van der Waals surface area (Å²) < 4.78 is 62.9. The number of halogens is 3. The Bertz CT molecular complexity index is 2860. The zero-order chi connectivity index (χ0) is 51.1. The van der Waals surface area contributed by atoms with Crippen molar-refractivity contribution >= 4 is 50.7 Å².